The molecule has 4 nitrogen and oxygen atoms in total. The Morgan fingerprint density at radius 1 is 0.688 bits per heavy atom. The fourth-order valence-corrected chi connectivity index (χ4v) is 10.7. The van der Waals surface area contributed by atoms with Gasteiger partial charge in [-0.3, -0.25) is 0 Å². The van der Waals surface area contributed by atoms with Gasteiger partial charge in [-0.2, -0.15) is 0 Å². The second-order valence-corrected chi connectivity index (χ2v) is 12.6. The first-order chi connectivity index (χ1) is 15.3. The summed E-state index contributed by atoms with van der Waals surface area (Å²) in [5, 5.41) is 18.8. The molecule has 2 unspecified atom stereocenters. The highest BCUT2D eigenvalue weighted by Gasteiger charge is 2.37. The van der Waals surface area contributed by atoms with Gasteiger partial charge in [-0.1, -0.05) is 13.8 Å². The third kappa shape index (κ3) is 2.21. The molecule has 0 fully saturated rings. The van der Waals surface area contributed by atoms with Gasteiger partial charge >= 0.3 is 11.9 Å². The monoisotopic (exact) mass is 494 g/mol. The fraction of sp³-hybridized carbons (Fsp3) is 0.167. The molecule has 8 heteroatoms. The van der Waals surface area contributed by atoms with Crippen molar-refractivity contribution in [2.24, 2.45) is 0 Å². The van der Waals surface area contributed by atoms with Gasteiger partial charge in [-0.15, -0.1) is 45.3 Å². The van der Waals surface area contributed by atoms with Crippen LogP contribution in [-0.2, 0) is 0 Å². The molecule has 0 saturated carbocycles. The molecule has 158 valence electrons. The lowest BCUT2D eigenvalue weighted by Crippen LogP contribution is -1.93. The van der Waals surface area contributed by atoms with E-state index in [4.69, 9.17) is 0 Å². The van der Waals surface area contributed by atoms with Crippen LogP contribution in [0.1, 0.15) is 67.3 Å². The number of fused-ring (bicyclic) bond motifs is 10. The molecule has 4 aromatic heterocycles. The van der Waals surface area contributed by atoms with Crippen molar-refractivity contribution in [1.82, 2.24) is 0 Å². The average molecular weight is 495 g/mol. The molecule has 2 N–H and O–H groups in total. The van der Waals surface area contributed by atoms with Crippen LogP contribution < -0.4 is 0 Å². The molecule has 0 aliphatic heterocycles. The minimum Gasteiger partial charge on any atom is -0.477 e. The number of hydrogen-bond acceptors (Lipinski definition) is 6. The Morgan fingerprint density at radius 2 is 1.09 bits per heavy atom. The van der Waals surface area contributed by atoms with Crippen molar-refractivity contribution in [3.63, 3.8) is 0 Å². The van der Waals surface area contributed by atoms with E-state index in [0.29, 0.717) is 9.75 Å². The number of carbonyl (C=O) groups is 2. The summed E-state index contributed by atoms with van der Waals surface area (Å²) in [5.74, 6) is -1.28. The highest BCUT2D eigenvalue weighted by atomic mass is 32.1. The normalized spacial score (nSPS) is 18.2. The molecule has 7 rings (SSSR count). The molecule has 0 bridgehead atoms. The van der Waals surface area contributed by atoms with Crippen LogP contribution in [0.5, 0.6) is 0 Å². The van der Waals surface area contributed by atoms with E-state index < -0.39 is 11.9 Å². The van der Waals surface area contributed by atoms with Gasteiger partial charge in [0, 0.05) is 31.0 Å². The number of carboxylic acid groups (broad SMARTS) is 2. The van der Waals surface area contributed by atoms with Gasteiger partial charge < -0.3 is 10.2 Å². The Labute approximate surface area is 198 Å². The quantitative estimate of drug-likeness (QED) is 0.262. The van der Waals surface area contributed by atoms with Crippen LogP contribution in [0.25, 0.3) is 39.7 Å². The van der Waals surface area contributed by atoms with E-state index in [1.807, 2.05) is 0 Å². The summed E-state index contributed by atoms with van der Waals surface area (Å²) in [6.45, 7) is 4.43. The summed E-state index contributed by atoms with van der Waals surface area (Å²) in [4.78, 5) is 26.2. The van der Waals surface area contributed by atoms with E-state index >= 15 is 0 Å². The summed E-state index contributed by atoms with van der Waals surface area (Å²) < 4.78 is 4.34. The Bertz CT molecular complexity index is 1550. The number of benzene rings is 1. The van der Waals surface area contributed by atoms with Gasteiger partial charge in [0.15, 0.2) is 0 Å². The van der Waals surface area contributed by atoms with Crippen LogP contribution in [0, 0.1) is 0 Å². The zero-order chi connectivity index (χ0) is 22.0. The first kappa shape index (κ1) is 19.0. The highest BCUT2D eigenvalue weighted by molar-refractivity contribution is 7.31. The number of carboxylic acids is 2. The number of rotatable bonds is 2. The summed E-state index contributed by atoms with van der Waals surface area (Å²) in [7, 11) is 0. The summed E-state index contributed by atoms with van der Waals surface area (Å²) in [6.07, 6.45) is 0. The third-order valence-electron chi connectivity index (χ3n) is 6.73. The molecular formula is C24H14O4S4. The Morgan fingerprint density at radius 3 is 1.47 bits per heavy atom. The maximum absolute atomic E-state index is 11.5. The van der Waals surface area contributed by atoms with Gasteiger partial charge in [0.25, 0.3) is 0 Å². The first-order valence-electron chi connectivity index (χ1n) is 10.1. The molecule has 2 aliphatic carbocycles. The van der Waals surface area contributed by atoms with Gasteiger partial charge in [-0.25, -0.2) is 9.59 Å². The standard InChI is InChI=1S/C24H14O4S4/c1-7-9-3-12-10(8(2)18-20(12)30-14-6-16(24(27)28)32-22(14)18)4-11(9)19-17(7)21-13(29-19)5-15(31-21)23(25)26/h3-8H,1-2H3,(H,25,26)(H,27,28). The first-order valence-corrected chi connectivity index (χ1v) is 13.4. The number of thiophene rings is 4. The molecular weight excluding hydrogens is 481 g/mol. The van der Waals surface area contributed by atoms with E-state index in [2.05, 4.69) is 26.0 Å². The van der Waals surface area contributed by atoms with Crippen LogP contribution in [0.2, 0.25) is 0 Å². The maximum Gasteiger partial charge on any atom is 0.345 e. The lowest BCUT2D eigenvalue weighted by molar-refractivity contribution is 0.0691. The zero-order valence-corrected chi connectivity index (χ0v) is 20.1. The van der Waals surface area contributed by atoms with Crippen LogP contribution in [0.15, 0.2) is 24.3 Å². The molecule has 5 aromatic rings. The molecule has 2 atom stereocenters. The number of aromatic carboxylic acids is 2. The van der Waals surface area contributed by atoms with Crippen molar-refractivity contribution >= 4 is 76.1 Å². The molecule has 2 aliphatic rings. The average Bonchev–Trinajstić information content (AvgIpc) is 3.52. The van der Waals surface area contributed by atoms with Crippen molar-refractivity contribution < 1.29 is 19.8 Å². The van der Waals surface area contributed by atoms with Gasteiger partial charge in [0.1, 0.15) is 9.75 Å². The second-order valence-electron chi connectivity index (χ2n) is 8.38. The topological polar surface area (TPSA) is 74.6 Å². The van der Waals surface area contributed by atoms with Gasteiger partial charge in [0.05, 0.1) is 9.40 Å². The third-order valence-corrected chi connectivity index (χ3v) is 11.7. The Balaban J connectivity index is 1.42. The smallest absolute Gasteiger partial charge is 0.345 e. The van der Waals surface area contributed by atoms with E-state index in [-0.39, 0.29) is 11.8 Å². The SMILES string of the molecule is CC1c2cc3c(cc2-c2sc4cc(C(=O)O)sc4c21)C(C)c1c-3sc2cc(C(=O)O)sc12. The van der Waals surface area contributed by atoms with Crippen molar-refractivity contribution in [3.05, 3.63) is 56.3 Å². The van der Waals surface area contributed by atoms with E-state index in [9.17, 15) is 19.8 Å². The van der Waals surface area contributed by atoms with Crippen molar-refractivity contribution in [1.29, 1.82) is 0 Å². The Kier molecular flexibility index (Phi) is 3.61. The van der Waals surface area contributed by atoms with Crippen LogP contribution in [0.4, 0.5) is 0 Å². The largest absolute Gasteiger partial charge is 0.477 e. The van der Waals surface area contributed by atoms with Crippen molar-refractivity contribution in [2.75, 3.05) is 0 Å². The summed E-state index contributed by atoms with van der Waals surface area (Å²) in [5.41, 5.74) is 7.69. The van der Waals surface area contributed by atoms with Crippen LogP contribution in [-0.4, -0.2) is 22.2 Å². The zero-order valence-electron chi connectivity index (χ0n) is 16.8. The van der Waals surface area contributed by atoms with Crippen LogP contribution in [0.3, 0.4) is 0 Å². The number of hydrogen-bond donors (Lipinski definition) is 2. The molecule has 32 heavy (non-hydrogen) atoms. The summed E-state index contributed by atoms with van der Waals surface area (Å²) in [6, 6.07) is 8.28. The predicted molar refractivity (Wildman–Crippen MR) is 133 cm³/mol. The molecule has 0 saturated heterocycles. The van der Waals surface area contributed by atoms with E-state index in [1.54, 1.807) is 34.8 Å². The highest BCUT2D eigenvalue weighted by Crippen LogP contribution is 2.60. The van der Waals surface area contributed by atoms with Gasteiger partial charge in [0.2, 0.25) is 0 Å². The minimum absolute atomic E-state index is 0.221. The predicted octanol–water partition coefficient (Wildman–Crippen LogP) is 7.90. The van der Waals surface area contributed by atoms with E-state index in [0.717, 1.165) is 18.8 Å². The second kappa shape index (κ2) is 6.08. The lowest BCUT2D eigenvalue weighted by Gasteiger charge is -2.12. The van der Waals surface area contributed by atoms with Crippen molar-refractivity contribution in [2.45, 2.75) is 25.7 Å². The molecule has 0 amide bonds. The summed E-state index contributed by atoms with van der Waals surface area (Å²) >= 11 is 6.16. The lowest BCUT2D eigenvalue weighted by atomic mass is 9.93. The van der Waals surface area contributed by atoms with Gasteiger partial charge in [-0.05, 0) is 57.6 Å². The van der Waals surface area contributed by atoms with Crippen LogP contribution >= 0.6 is 45.3 Å². The molecule has 0 radical (unpaired) electrons. The maximum atomic E-state index is 11.5. The Hall–Kier alpha value is -2.52. The minimum atomic E-state index is -0.862. The molecule has 1 aromatic carbocycles. The molecule has 4 heterocycles. The van der Waals surface area contributed by atoms with Crippen molar-refractivity contribution in [3.8, 4) is 20.9 Å². The fourth-order valence-electron chi connectivity index (χ4n) is 5.26. The molecule has 0 spiro atoms. The van der Waals surface area contributed by atoms with E-state index in [1.165, 1.54) is 65.8 Å².